The van der Waals surface area contributed by atoms with Crippen molar-refractivity contribution < 1.29 is 14.4 Å². The summed E-state index contributed by atoms with van der Waals surface area (Å²) in [5.41, 5.74) is 5.61. The Morgan fingerprint density at radius 1 is 1.25 bits per heavy atom. The predicted molar refractivity (Wildman–Crippen MR) is 77.1 cm³/mol. The molecule has 0 bridgehead atoms. The maximum absolute atomic E-state index is 12.0. The minimum absolute atomic E-state index is 0.131. The largest absolute Gasteiger partial charge is 0.352 e. The van der Waals surface area contributed by atoms with Crippen LogP contribution in [0.1, 0.15) is 26.7 Å². The number of carbonyl (C=O) groups is 3. The average molecular weight is 284 g/mol. The monoisotopic (exact) mass is 284 g/mol. The van der Waals surface area contributed by atoms with E-state index >= 15 is 0 Å². The zero-order valence-electron chi connectivity index (χ0n) is 12.3. The summed E-state index contributed by atoms with van der Waals surface area (Å²) in [6.07, 6.45) is 0.985. The number of ketones is 1. The van der Waals surface area contributed by atoms with E-state index in [2.05, 4.69) is 22.5 Å². The molecular weight excluding hydrogens is 260 g/mol. The van der Waals surface area contributed by atoms with Crippen LogP contribution in [0.2, 0.25) is 0 Å². The van der Waals surface area contributed by atoms with Crippen LogP contribution in [0.4, 0.5) is 4.79 Å². The molecule has 0 aromatic rings. The third kappa shape index (κ3) is 6.89. The maximum Gasteiger partial charge on any atom is 0.312 e. The first-order valence-corrected chi connectivity index (χ1v) is 6.46. The zero-order chi connectivity index (χ0) is 15.7. The lowest BCUT2D eigenvalue weighted by atomic mass is 10.1. The molecule has 3 amide bonds. The highest BCUT2D eigenvalue weighted by molar-refractivity contribution is 5.91. The van der Waals surface area contributed by atoms with Crippen molar-refractivity contribution in [3.63, 3.8) is 0 Å². The summed E-state index contributed by atoms with van der Waals surface area (Å²) in [6, 6.07) is -1.71. The molecule has 0 heterocycles. The zero-order valence-corrected chi connectivity index (χ0v) is 12.3. The van der Waals surface area contributed by atoms with Crippen LogP contribution in [0, 0.1) is 0 Å². The van der Waals surface area contributed by atoms with Gasteiger partial charge in [0.2, 0.25) is 5.91 Å². The van der Waals surface area contributed by atoms with E-state index in [1.165, 1.54) is 6.92 Å². The molecular formula is C13H24N4O3. The van der Waals surface area contributed by atoms with Gasteiger partial charge in [0.15, 0.2) is 5.78 Å². The molecule has 20 heavy (non-hydrogen) atoms. The number of amides is 3. The lowest BCUT2D eigenvalue weighted by Crippen LogP contribution is -2.49. The number of likely N-dealkylation sites (N-methyl/N-ethyl adjacent to an activating group) is 1. The minimum Gasteiger partial charge on any atom is -0.352 e. The first-order valence-electron chi connectivity index (χ1n) is 6.46. The standard InChI is InChI=1S/C13H24N4O3/c1-8(2)11(15-4)12(19)17-10(9(3)18)6-5-7-16-13(14)20/h10-11,15H,1,5-7H2,2-4H3,(H,17,19)(H3,14,16,20)/t10-,11-/m0/s1. The van der Waals surface area contributed by atoms with Crippen LogP contribution in [0.5, 0.6) is 0 Å². The molecule has 0 fully saturated rings. The van der Waals surface area contributed by atoms with Crippen LogP contribution in [0.15, 0.2) is 12.2 Å². The van der Waals surface area contributed by atoms with Gasteiger partial charge < -0.3 is 21.7 Å². The Labute approximate surface area is 119 Å². The smallest absolute Gasteiger partial charge is 0.312 e. The molecule has 0 radical (unpaired) electrons. The summed E-state index contributed by atoms with van der Waals surface area (Å²) < 4.78 is 0. The SMILES string of the molecule is C=C(C)[C@H](NC)C(=O)N[C@@H](CCCNC(N)=O)C(C)=O. The highest BCUT2D eigenvalue weighted by Crippen LogP contribution is 2.02. The lowest BCUT2D eigenvalue weighted by Gasteiger charge is -2.21. The number of primary amides is 1. The Bertz CT molecular complexity index is 382. The van der Waals surface area contributed by atoms with Gasteiger partial charge in [0.1, 0.15) is 6.04 Å². The van der Waals surface area contributed by atoms with E-state index in [-0.39, 0.29) is 11.7 Å². The number of urea groups is 1. The molecule has 0 saturated heterocycles. The van der Waals surface area contributed by atoms with E-state index in [0.29, 0.717) is 25.0 Å². The van der Waals surface area contributed by atoms with Gasteiger partial charge in [0.05, 0.1) is 6.04 Å². The molecule has 0 rings (SSSR count). The van der Waals surface area contributed by atoms with Gasteiger partial charge in [0, 0.05) is 6.54 Å². The summed E-state index contributed by atoms with van der Waals surface area (Å²) in [7, 11) is 1.65. The van der Waals surface area contributed by atoms with Crippen molar-refractivity contribution in [3.05, 3.63) is 12.2 Å². The van der Waals surface area contributed by atoms with Crippen LogP contribution in [0.3, 0.4) is 0 Å². The van der Waals surface area contributed by atoms with Crippen molar-refractivity contribution in [2.75, 3.05) is 13.6 Å². The summed E-state index contributed by atoms with van der Waals surface area (Å²) in [5, 5.41) is 7.95. The number of rotatable bonds is 9. The molecule has 2 atom stereocenters. The fourth-order valence-electron chi connectivity index (χ4n) is 1.75. The second kappa shape index (κ2) is 9.08. The number of carbonyl (C=O) groups excluding carboxylic acids is 3. The number of hydrogen-bond acceptors (Lipinski definition) is 4. The Morgan fingerprint density at radius 3 is 2.25 bits per heavy atom. The topological polar surface area (TPSA) is 113 Å². The van der Waals surface area contributed by atoms with Crippen molar-refractivity contribution >= 4 is 17.7 Å². The summed E-state index contributed by atoms with van der Waals surface area (Å²) >= 11 is 0. The molecule has 0 unspecified atom stereocenters. The van der Waals surface area contributed by atoms with Crippen molar-refractivity contribution in [2.45, 2.75) is 38.8 Å². The molecule has 0 aliphatic heterocycles. The molecule has 7 heteroatoms. The van der Waals surface area contributed by atoms with Gasteiger partial charge in [-0.3, -0.25) is 9.59 Å². The van der Waals surface area contributed by atoms with Gasteiger partial charge in [0.25, 0.3) is 0 Å². The Balaban J connectivity index is 4.40. The predicted octanol–water partition coefficient (Wildman–Crippen LogP) is -0.327. The summed E-state index contributed by atoms with van der Waals surface area (Å²) in [5.74, 6) is -0.419. The second-order valence-electron chi connectivity index (χ2n) is 4.67. The first kappa shape index (κ1) is 18.1. The van der Waals surface area contributed by atoms with Crippen LogP contribution in [0.25, 0.3) is 0 Å². The van der Waals surface area contributed by atoms with Gasteiger partial charge in [-0.05, 0) is 33.7 Å². The third-order valence-electron chi connectivity index (χ3n) is 2.82. The van der Waals surface area contributed by atoms with Gasteiger partial charge in [-0.25, -0.2) is 4.79 Å². The molecule has 5 N–H and O–H groups in total. The molecule has 0 spiro atoms. The van der Waals surface area contributed by atoms with Crippen LogP contribution in [-0.2, 0) is 9.59 Å². The molecule has 0 saturated carbocycles. The van der Waals surface area contributed by atoms with Gasteiger partial charge >= 0.3 is 6.03 Å². The average Bonchev–Trinajstić information content (AvgIpc) is 2.32. The quantitative estimate of drug-likeness (QED) is 0.343. The maximum atomic E-state index is 12.0. The second-order valence-corrected chi connectivity index (χ2v) is 4.67. The molecule has 0 aliphatic carbocycles. The first-order chi connectivity index (χ1) is 9.29. The molecule has 7 nitrogen and oxygen atoms in total. The van der Waals surface area contributed by atoms with E-state index in [1.54, 1.807) is 14.0 Å². The van der Waals surface area contributed by atoms with Crippen molar-refractivity contribution in [1.82, 2.24) is 16.0 Å². The Hall–Kier alpha value is -1.89. The Morgan fingerprint density at radius 2 is 1.85 bits per heavy atom. The molecule has 0 aromatic carbocycles. The molecule has 114 valence electrons. The van der Waals surface area contributed by atoms with Crippen molar-refractivity contribution in [2.24, 2.45) is 5.73 Å². The van der Waals surface area contributed by atoms with Gasteiger partial charge in [-0.2, -0.15) is 0 Å². The number of hydrogen-bond donors (Lipinski definition) is 4. The van der Waals surface area contributed by atoms with E-state index in [4.69, 9.17) is 5.73 Å². The molecule has 0 aliphatic rings. The van der Waals surface area contributed by atoms with Crippen LogP contribution < -0.4 is 21.7 Å². The number of Topliss-reactive ketones (excluding diaryl/α,β-unsaturated/α-hetero) is 1. The third-order valence-corrected chi connectivity index (χ3v) is 2.82. The fraction of sp³-hybridized carbons (Fsp3) is 0.615. The van der Waals surface area contributed by atoms with Crippen molar-refractivity contribution in [1.29, 1.82) is 0 Å². The van der Waals surface area contributed by atoms with E-state index in [1.807, 2.05) is 0 Å². The molecule has 0 aromatic heterocycles. The van der Waals surface area contributed by atoms with Crippen LogP contribution in [-0.4, -0.2) is 43.4 Å². The van der Waals surface area contributed by atoms with E-state index < -0.39 is 18.1 Å². The van der Waals surface area contributed by atoms with Crippen molar-refractivity contribution in [3.8, 4) is 0 Å². The number of nitrogens with two attached hydrogens (primary N) is 1. The van der Waals surface area contributed by atoms with Gasteiger partial charge in [-0.15, -0.1) is 0 Å². The normalized spacial score (nSPS) is 13.2. The fourth-order valence-corrected chi connectivity index (χ4v) is 1.75. The van der Waals surface area contributed by atoms with Gasteiger partial charge in [-0.1, -0.05) is 12.2 Å². The highest BCUT2D eigenvalue weighted by atomic mass is 16.2. The van der Waals surface area contributed by atoms with E-state index in [0.717, 1.165) is 0 Å². The summed E-state index contributed by atoms with van der Waals surface area (Å²) in [6.45, 7) is 7.25. The van der Waals surface area contributed by atoms with E-state index in [9.17, 15) is 14.4 Å². The van der Waals surface area contributed by atoms with Crippen LogP contribution >= 0.6 is 0 Å². The Kier molecular flexibility index (Phi) is 8.23. The lowest BCUT2D eigenvalue weighted by molar-refractivity contribution is -0.127. The highest BCUT2D eigenvalue weighted by Gasteiger charge is 2.22. The number of nitrogens with one attached hydrogen (secondary N) is 3. The summed E-state index contributed by atoms with van der Waals surface area (Å²) in [4.78, 5) is 34.0. The minimum atomic E-state index is -0.606.